The maximum atomic E-state index is 13.2. The fraction of sp³-hybridized carbons (Fsp3) is 0.500. The van der Waals surface area contributed by atoms with E-state index in [9.17, 15) is 14.3 Å². The van der Waals surface area contributed by atoms with E-state index in [-0.39, 0.29) is 30.5 Å². The highest BCUT2D eigenvalue weighted by molar-refractivity contribution is 5.96. The second-order valence-electron chi connectivity index (χ2n) is 4.93. The minimum atomic E-state index is -0.575. The Kier molecular flexibility index (Phi) is 4.92. The number of phenols is 1. The minimum absolute atomic E-state index is 0.0727. The zero-order valence-electron chi connectivity index (χ0n) is 11.2. The topological polar surface area (TPSA) is 72.8 Å². The average Bonchev–Trinajstić information content (AvgIpc) is 2.93. The molecule has 1 aliphatic heterocycles. The van der Waals surface area contributed by atoms with Crippen LogP contribution >= 0.6 is 0 Å². The lowest BCUT2D eigenvalue weighted by molar-refractivity contribution is 0.0703. The van der Waals surface area contributed by atoms with Crippen molar-refractivity contribution in [2.45, 2.75) is 18.9 Å². The molecule has 5 nitrogen and oxygen atoms in total. The van der Waals surface area contributed by atoms with E-state index in [2.05, 4.69) is 5.32 Å². The first-order valence-electron chi connectivity index (χ1n) is 6.74. The van der Waals surface area contributed by atoms with Crippen LogP contribution in [0.4, 0.5) is 4.39 Å². The third kappa shape index (κ3) is 3.46. The highest BCUT2D eigenvalue weighted by Gasteiger charge is 2.24. The molecule has 0 bridgehead atoms. The Bertz CT molecular complexity index is 475. The summed E-state index contributed by atoms with van der Waals surface area (Å²) >= 11 is 0. The number of aliphatic hydroxyl groups is 1. The Morgan fingerprint density at radius 3 is 2.95 bits per heavy atom. The van der Waals surface area contributed by atoms with Gasteiger partial charge in [-0.1, -0.05) is 0 Å². The largest absolute Gasteiger partial charge is 0.507 e. The van der Waals surface area contributed by atoms with Crippen LogP contribution in [-0.4, -0.2) is 53.3 Å². The number of rotatable bonds is 5. The van der Waals surface area contributed by atoms with Crippen molar-refractivity contribution in [2.24, 2.45) is 0 Å². The molecular weight excluding hydrogens is 263 g/mol. The van der Waals surface area contributed by atoms with Crippen molar-refractivity contribution in [1.29, 1.82) is 0 Å². The smallest absolute Gasteiger partial charge is 0.257 e. The molecule has 1 aromatic carbocycles. The van der Waals surface area contributed by atoms with Gasteiger partial charge in [0.05, 0.1) is 12.2 Å². The first-order valence-corrected chi connectivity index (χ1v) is 6.74. The molecule has 0 aliphatic carbocycles. The molecule has 1 fully saturated rings. The molecule has 0 radical (unpaired) electrons. The van der Waals surface area contributed by atoms with Crippen molar-refractivity contribution in [3.8, 4) is 5.75 Å². The van der Waals surface area contributed by atoms with Crippen LogP contribution in [0.1, 0.15) is 23.2 Å². The molecule has 0 spiro atoms. The Balaban J connectivity index is 2.14. The molecule has 1 aliphatic rings. The van der Waals surface area contributed by atoms with Crippen LogP contribution < -0.4 is 5.32 Å². The number of nitrogens with one attached hydrogen (secondary N) is 1. The predicted molar refractivity (Wildman–Crippen MR) is 72.1 cm³/mol. The fourth-order valence-corrected chi connectivity index (χ4v) is 2.42. The number of nitrogens with zero attached hydrogens (tertiary/aromatic N) is 1. The maximum absolute atomic E-state index is 13.2. The second kappa shape index (κ2) is 6.67. The van der Waals surface area contributed by atoms with Crippen LogP contribution in [0.25, 0.3) is 0 Å². The Morgan fingerprint density at radius 2 is 2.30 bits per heavy atom. The summed E-state index contributed by atoms with van der Waals surface area (Å²) in [5.74, 6) is -1.29. The zero-order chi connectivity index (χ0) is 14.5. The molecule has 1 aromatic rings. The van der Waals surface area contributed by atoms with Crippen molar-refractivity contribution in [1.82, 2.24) is 10.2 Å². The molecule has 1 unspecified atom stereocenters. The van der Waals surface area contributed by atoms with E-state index in [1.807, 2.05) is 0 Å². The van der Waals surface area contributed by atoms with E-state index >= 15 is 0 Å². The number of carbonyl (C=O) groups excluding carboxylic acids is 1. The summed E-state index contributed by atoms with van der Waals surface area (Å²) in [4.78, 5) is 13.8. The summed E-state index contributed by atoms with van der Waals surface area (Å²) in [6.45, 7) is 1.34. The Hall–Kier alpha value is -1.66. The third-order valence-corrected chi connectivity index (χ3v) is 3.45. The number of halogens is 1. The molecule has 1 amide bonds. The first-order chi connectivity index (χ1) is 9.61. The number of carbonyl (C=O) groups is 1. The lowest BCUT2D eigenvalue weighted by atomic mass is 10.1. The van der Waals surface area contributed by atoms with Crippen LogP contribution in [0.2, 0.25) is 0 Å². The van der Waals surface area contributed by atoms with E-state index < -0.39 is 11.7 Å². The van der Waals surface area contributed by atoms with Gasteiger partial charge in [-0.2, -0.15) is 0 Å². The van der Waals surface area contributed by atoms with Gasteiger partial charge >= 0.3 is 0 Å². The molecule has 110 valence electrons. The van der Waals surface area contributed by atoms with Gasteiger partial charge in [-0.25, -0.2) is 4.39 Å². The minimum Gasteiger partial charge on any atom is -0.507 e. The molecule has 0 saturated carbocycles. The van der Waals surface area contributed by atoms with Gasteiger partial charge in [0.1, 0.15) is 11.6 Å². The van der Waals surface area contributed by atoms with Crippen molar-refractivity contribution in [3.63, 3.8) is 0 Å². The lowest BCUT2D eigenvalue weighted by Gasteiger charge is -2.25. The summed E-state index contributed by atoms with van der Waals surface area (Å²) in [7, 11) is 0. The Morgan fingerprint density at radius 1 is 1.50 bits per heavy atom. The van der Waals surface area contributed by atoms with Gasteiger partial charge in [-0.3, -0.25) is 4.79 Å². The lowest BCUT2D eigenvalue weighted by Crippen LogP contribution is -2.42. The van der Waals surface area contributed by atoms with Crippen molar-refractivity contribution in [2.75, 3.05) is 26.2 Å². The van der Waals surface area contributed by atoms with E-state index in [4.69, 9.17) is 5.11 Å². The van der Waals surface area contributed by atoms with E-state index in [0.717, 1.165) is 37.6 Å². The predicted octanol–water partition coefficient (Wildman–Crippen LogP) is 0.718. The molecule has 1 saturated heterocycles. The summed E-state index contributed by atoms with van der Waals surface area (Å²) in [5, 5.41) is 22.0. The molecular formula is C14H19FN2O3. The summed E-state index contributed by atoms with van der Waals surface area (Å²) in [6, 6.07) is 3.46. The molecule has 6 heteroatoms. The monoisotopic (exact) mass is 282 g/mol. The molecule has 20 heavy (non-hydrogen) atoms. The van der Waals surface area contributed by atoms with Gasteiger partial charge in [0.25, 0.3) is 5.91 Å². The van der Waals surface area contributed by atoms with E-state index in [1.165, 1.54) is 4.90 Å². The highest BCUT2D eigenvalue weighted by atomic mass is 19.1. The molecule has 1 heterocycles. The number of benzene rings is 1. The van der Waals surface area contributed by atoms with Crippen molar-refractivity contribution < 1.29 is 19.4 Å². The van der Waals surface area contributed by atoms with E-state index in [0.29, 0.717) is 6.54 Å². The fourth-order valence-electron chi connectivity index (χ4n) is 2.42. The normalized spacial score (nSPS) is 18.2. The number of amides is 1. The number of aliphatic hydroxyl groups excluding tert-OH is 1. The van der Waals surface area contributed by atoms with Crippen LogP contribution in [0.3, 0.4) is 0 Å². The summed E-state index contributed by atoms with van der Waals surface area (Å²) in [5.41, 5.74) is -0.0727. The zero-order valence-corrected chi connectivity index (χ0v) is 11.2. The molecule has 0 aromatic heterocycles. The van der Waals surface area contributed by atoms with Gasteiger partial charge in [0, 0.05) is 19.1 Å². The number of hydrogen-bond donors (Lipinski definition) is 3. The molecule has 3 N–H and O–H groups in total. The number of hydrogen-bond acceptors (Lipinski definition) is 4. The van der Waals surface area contributed by atoms with Gasteiger partial charge in [0.15, 0.2) is 0 Å². The van der Waals surface area contributed by atoms with Crippen LogP contribution in [0.15, 0.2) is 18.2 Å². The molecule has 2 rings (SSSR count). The van der Waals surface area contributed by atoms with Gasteiger partial charge in [0.2, 0.25) is 0 Å². The number of phenolic OH excluding ortho intramolecular Hbond substituents is 1. The third-order valence-electron chi connectivity index (χ3n) is 3.45. The second-order valence-corrected chi connectivity index (χ2v) is 4.93. The quantitative estimate of drug-likeness (QED) is 0.744. The van der Waals surface area contributed by atoms with Crippen molar-refractivity contribution in [3.05, 3.63) is 29.6 Å². The maximum Gasteiger partial charge on any atom is 0.257 e. The van der Waals surface area contributed by atoms with E-state index in [1.54, 1.807) is 0 Å². The molecule has 1 atom stereocenters. The van der Waals surface area contributed by atoms with Crippen LogP contribution in [0.5, 0.6) is 5.75 Å². The first kappa shape index (κ1) is 14.7. The Labute approximate surface area is 117 Å². The standard InChI is InChI=1S/C14H19FN2O3/c15-10-3-4-13(19)12(8-10)14(20)17(6-7-18)9-11-2-1-5-16-11/h3-4,8,11,16,18-19H,1-2,5-7,9H2. The van der Waals surface area contributed by atoms with Gasteiger partial charge < -0.3 is 20.4 Å². The summed E-state index contributed by atoms with van der Waals surface area (Å²) < 4.78 is 13.2. The van der Waals surface area contributed by atoms with Gasteiger partial charge in [-0.05, 0) is 37.6 Å². The van der Waals surface area contributed by atoms with Crippen LogP contribution in [0, 0.1) is 5.82 Å². The number of aromatic hydroxyl groups is 1. The van der Waals surface area contributed by atoms with Gasteiger partial charge in [-0.15, -0.1) is 0 Å². The summed E-state index contributed by atoms with van der Waals surface area (Å²) in [6.07, 6.45) is 2.02. The van der Waals surface area contributed by atoms with Crippen molar-refractivity contribution >= 4 is 5.91 Å². The van der Waals surface area contributed by atoms with Crippen LogP contribution in [-0.2, 0) is 0 Å². The average molecular weight is 282 g/mol. The highest BCUT2D eigenvalue weighted by Crippen LogP contribution is 2.20. The SMILES string of the molecule is O=C(c1cc(F)ccc1O)N(CCO)CC1CCCN1.